The van der Waals surface area contributed by atoms with Gasteiger partial charge in [0.05, 0.1) is 0 Å². The predicted molar refractivity (Wildman–Crippen MR) is 75.0 cm³/mol. The molecule has 0 saturated heterocycles. The minimum Gasteiger partial charge on any atom is -0.377 e. The van der Waals surface area contributed by atoms with Crippen molar-refractivity contribution >= 4 is 0 Å². The lowest BCUT2D eigenvalue weighted by Crippen LogP contribution is -2.27. The second-order valence-electron chi connectivity index (χ2n) is 5.62. The van der Waals surface area contributed by atoms with Gasteiger partial charge in [0.2, 0.25) is 0 Å². The Balaban J connectivity index is 2.04. The fourth-order valence-electron chi connectivity index (χ4n) is 3.00. The van der Waals surface area contributed by atoms with Crippen LogP contribution in [-0.4, -0.2) is 14.7 Å². The average molecular weight is 256 g/mol. The molecule has 100 valence electrons. The maximum Gasteiger partial charge on any atom is 0.144 e. The summed E-state index contributed by atoms with van der Waals surface area (Å²) in [7, 11) is 1.91. The van der Waals surface area contributed by atoms with E-state index in [4.69, 9.17) is 0 Å². The molecule has 3 rings (SSSR count). The van der Waals surface area contributed by atoms with Crippen LogP contribution >= 0.6 is 0 Å². The summed E-state index contributed by atoms with van der Waals surface area (Å²) in [5.74, 6) is 0.684. The van der Waals surface area contributed by atoms with Crippen molar-refractivity contribution in [2.45, 2.75) is 38.2 Å². The largest absolute Gasteiger partial charge is 0.377 e. The third-order valence-electron chi connectivity index (χ3n) is 4.17. The van der Waals surface area contributed by atoms with Crippen molar-refractivity contribution in [1.29, 1.82) is 0 Å². The maximum atomic E-state index is 10.8. The van der Waals surface area contributed by atoms with E-state index in [2.05, 4.69) is 17.1 Å². The van der Waals surface area contributed by atoms with Crippen LogP contribution < -0.4 is 0 Å². The van der Waals surface area contributed by atoms with E-state index >= 15 is 0 Å². The number of aryl methyl sites for hydroxylation is 3. The molecule has 3 nitrogen and oxygen atoms in total. The van der Waals surface area contributed by atoms with Gasteiger partial charge in [-0.05, 0) is 49.3 Å². The first-order valence-corrected chi connectivity index (χ1v) is 6.91. The summed E-state index contributed by atoms with van der Waals surface area (Å²) in [6, 6.07) is 6.36. The number of aromatic nitrogens is 2. The Morgan fingerprint density at radius 1 is 1.21 bits per heavy atom. The van der Waals surface area contributed by atoms with Gasteiger partial charge in [-0.25, -0.2) is 4.98 Å². The molecular weight excluding hydrogens is 236 g/mol. The van der Waals surface area contributed by atoms with Crippen LogP contribution in [0.5, 0.6) is 0 Å². The van der Waals surface area contributed by atoms with Crippen molar-refractivity contribution in [3.63, 3.8) is 0 Å². The highest BCUT2D eigenvalue weighted by atomic mass is 16.3. The van der Waals surface area contributed by atoms with Gasteiger partial charge in [-0.15, -0.1) is 0 Å². The van der Waals surface area contributed by atoms with E-state index in [1.807, 2.05) is 30.8 Å². The summed E-state index contributed by atoms with van der Waals surface area (Å²) in [6.45, 7) is 1.82. The standard InChI is InChI=1S/C16H20N2O/c1-16(19,15-17-9-10-18(15)2)14-8-7-12-5-3-4-6-13(12)11-14/h7-11,19H,3-6H2,1-2H3. The highest BCUT2D eigenvalue weighted by molar-refractivity contribution is 5.38. The van der Waals surface area contributed by atoms with E-state index in [0.717, 1.165) is 12.0 Å². The van der Waals surface area contributed by atoms with Crippen molar-refractivity contribution in [1.82, 2.24) is 9.55 Å². The van der Waals surface area contributed by atoms with E-state index in [0.29, 0.717) is 5.82 Å². The summed E-state index contributed by atoms with van der Waals surface area (Å²) in [4.78, 5) is 4.29. The minimum atomic E-state index is -1.04. The quantitative estimate of drug-likeness (QED) is 0.896. The highest BCUT2D eigenvalue weighted by Gasteiger charge is 2.30. The van der Waals surface area contributed by atoms with Gasteiger partial charge >= 0.3 is 0 Å². The summed E-state index contributed by atoms with van der Waals surface area (Å²) in [6.07, 6.45) is 8.41. The third-order valence-corrected chi connectivity index (χ3v) is 4.17. The topological polar surface area (TPSA) is 38.0 Å². The first-order valence-electron chi connectivity index (χ1n) is 6.91. The zero-order valence-corrected chi connectivity index (χ0v) is 11.6. The Hall–Kier alpha value is -1.61. The second kappa shape index (κ2) is 4.49. The van der Waals surface area contributed by atoms with Crippen LogP contribution in [-0.2, 0) is 25.5 Å². The lowest BCUT2D eigenvalue weighted by atomic mass is 9.86. The van der Waals surface area contributed by atoms with Crippen LogP contribution in [0.15, 0.2) is 30.6 Å². The van der Waals surface area contributed by atoms with Crippen LogP contribution in [0, 0.1) is 0 Å². The average Bonchev–Trinajstić information content (AvgIpc) is 2.85. The molecule has 0 amide bonds. The molecule has 3 heteroatoms. The normalized spacial score (nSPS) is 17.8. The number of fused-ring (bicyclic) bond motifs is 1. The van der Waals surface area contributed by atoms with Crippen LogP contribution in [0.4, 0.5) is 0 Å². The number of benzene rings is 1. The summed E-state index contributed by atoms with van der Waals surface area (Å²) >= 11 is 0. The van der Waals surface area contributed by atoms with Gasteiger partial charge in [-0.2, -0.15) is 0 Å². The van der Waals surface area contributed by atoms with E-state index in [1.54, 1.807) is 6.20 Å². The molecule has 1 aromatic heterocycles. The van der Waals surface area contributed by atoms with Gasteiger partial charge in [0.1, 0.15) is 11.4 Å². The molecule has 2 aromatic rings. The maximum absolute atomic E-state index is 10.8. The molecule has 1 aliphatic carbocycles. The fraction of sp³-hybridized carbons (Fsp3) is 0.438. The molecule has 0 bridgehead atoms. The number of hydrogen-bond acceptors (Lipinski definition) is 2. The molecule has 0 aliphatic heterocycles. The van der Waals surface area contributed by atoms with Crippen LogP contribution in [0.2, 0.25) is 0 Å². The lowest BCUT2D eigenvalue weighted by Gasteiger charge is -2.26. The fourth-order valence-corrected chi connectivity index (χ4v) is 3.00. The molecule has 1 atom stereocenters. The molecule has 1 aliphatic rings. The number of nitrogens with zero attached hydrogens (tertiary/aromatic N) is 2. The van der Waals surface area contributed by atoms with Crippen LogP contribution in [0.1, 0.15) is 42.3 Å². The lowest BCUT2D eigenvalue weighted by molar-refractivity contribution is 0.0890. The molecule has 1 unspecified atom stereocenters. The molecule has 0 fully saturated rings. The molecule has 0 radical (unpaired) electrons. The smallest absolute Gasteiger partial charge is 0.144 e. The van der Waals surface area contributed by atoms with E-state index in [1.165, 1.54) is 30.4 Å². The van der Waals surface area contributed by atoms with Crippen LogP contribution in [0.3, 0.4) is 0 Å². The highest BCUT2D eigenvalue weighted by Crippen LogP contribution is 2.31. The second-order valence-corrected chi connectivity index (χ2v) is 5.62. The minimum absolute atomic E-state index is 0.684. The number of imidazole rings is 1. The van der Waals surface area contributed by atoms with Crippen LogP contribution in [0.25, 0.3) is 0 Å². The summed E-state index contributed by atoms with van der Waals surface area (Å²) in [5.41, 5.74) is 2.72. The van der Waals surface area contributed by atoms with Crippen molar-refractivity contribution in [2.24, 2.45) is 7.05 Å². The Labute approximate surface area is 113 Å². The molecule has 1 N–H and O–H groups in total. The van der Waals surface area contributed by atoms with E-state index in [-0.39, 0.29) is 0 Å². The Bertz CT molecular complexity index is 599. The monoisotopic (exact) mass is 256 g/mol. The van der Waals surface area contributed by atoms with Gasteiger partial charge < -0.3 is 9.67 Å². The Morgan fingerprint density at radius 3 is 2.63 bits per heavy atom. The summed E-state index contributed by atoms with van der Waals surface area (Å²) < 4.78 is 1.87. The Morgan fingerprint density at radius 2 is 1.95 bits per heavy atom. The molecule has 1 heterocycles. The number of rotatable bonds is 2. The van der Waals surface area contributed by atoms with E-state index in [9.17, 15) is 5.11 Å². The number of hydrogen-bond donors (Lipinski definition) is 1. The zero-order chi connectivity index (χ0) is 13.5. The van der Waals surface area contributed by atoms with E-state index < -0.39 is 5.60 Å². The van der Waals surface area contributed by atoms with Gasteiger partial charge in [0, 0.05) is 19.4 Å². The van der Waals surface area contributed by atoms with Gasteiger partial charge in [0.25, 0.3) is 0 Å². The molecule has 1 aromatic carbocycles. The predicted octanol–water partition coefficient (Wildman–Crippen LogP) is 2.55. The summed E-state index contributed by atoms with van der Waals surface area (Å²) in [5, 5.41) is 10.8. The number of aliphatic hydroxyl groups is 1. The molecular formula is C16H20N2O. The third kappa shape index (κ3) is 2.08. The molecule has 0 saturated carbocycles. The SMILES string of the molecule is Cn1ccnc1C(C)(O)c1ccc2c(c1)CCCC2. The Kier molecular flexibility index (Phi) is 2.94. The van der Waals surface area contributed by atoms with Crippen molar-refractivity contribution < 1.29 is 5.11 Å². The van der Waals surface area contributed by atoms with Gasteiger partial charge in [0.15, 0.2) is 0 Å². The van der Waals surface area contributed by atoms with Gasteiger partial charge in [-0.1, -0.05) is 18.2 Å². The first-order chi connectivity index (χ1) is 9.09. The van der Waals surface area contributed by atoms with Crippen molar-refractivity contribution in [3.8, 4) is 0 Å². The zero-order valence-electron chi connectivity index (χ0n) is 11.6. The van der Waals surface area contributed by atoms with Crippen molar-refractivity contribution in [2.75, 3.05) is 0 Å². The first kappa shape index (κ1) is 12.4. The molecule has 19 heavy (non-hydrogen) atoms. The van der Waals surface area contributed by atoms with Crippen molar-refractivity contribution in [3.05, 3.63) is 53.1 Å². The molecule has 0 spiro atoms. The van der Waals surface area contributed by atoms with Gasteiger partial charge in [-0.3, -0.25) is 0 Å².